The Morgan fingerprint density at radius 3 is 2.62 bits per heavy atom. The van der Waals surface area contributed by atoms with E-state index >= 15 is 0 Å². The lowest BCUT2D eigenvalue weighted by Gasteiger charge is -2.16. The third kappa shape index (κ3) is 1.83. The quantitative estimate of drug-likeness (QED) is 0.771. The lowest BCUT2D eigenvalue weighted by molar-refractivity contribution is -0.122. The summed E-state index contributed by atoms with van der Waals surface area (Å²) < 4.78 is 4.95. The molecule has 84 valence electrons. The van der Waals surface area contributed by atoms with E-state index < -0.39 is 0 Å². The normalized spacial score (nSPS) is 24.9. The van der Waals surface area contributed by atoms with Crippen molar-refractivity contribution in [2.75, 3.05) is 13.2 Å². The smallest absolute Gasteiger partial charge is 0.251 e. The zero-order valence-electron chi connectivity index (χ0n) is 9.11. The molecule has 1 amide bonds. The average Bonchev–Trinajstić information content (AvgIpc) is 3.19. The van der Waals surface area contributed by atoms with Gasteiger partial charge in [0.2, 0.25) is 0 Å². The number of nitrogens with one attached hydrogen (secondary N) is 1. The summed E-state index contributed by atoms with van der Waals surface area (Å²) in [7, 11) is 0. The van der Waals surface area contributed by atoms with Gasteiger partial charge < -0.3 is 10.1 Å². The van der Waals surface area contributed by atoms with Gasteiger partial charge in [-0.25, -0.2) is 0 Å². The van der Waals surface area contributed by atoms with Gasteiger partial charge in [-0.2, -0.15) is 0 Å². The van der Waals surface area contributed by atoms with E-state index in [1.54, 1.807) is 0 Å². The highest BCUT2D eigenvalue weighted by molar-refractivity contribution is 5.82. The van der Waals surface area contributed by atoms with Crippen molar-refractivity contribution in [3.8, 4) is 0 Å². The molecule has 3 heteroatoms. The summed E-state index contributed by atoms with van der Waals surface area (Å²) >= 11 is 0. The number of hydrogen-bond acceptors (Lipinski definition) is 2. The fourth-order valence-corrected chi connectivity index (χ4v) is 2.08. The van der Waals surface area contributed by atoms with Crippen LogP contribution in [0.5, 0.6) is 0 Å². The number of ether oxygens (including phenoxy) is 1. The number of rotatable bonds is 4. The molecule has 0 radical (unpaired) electrons. The molecule has 2 fully saturated rings. The van der Waals surface area contributed by atoms with Crippen LogP contribution in [0.1, 0.15) is 18.4 Å². The number of carbonyl (C=O) groups is 1. The number of hydrogen-bond donors (Lipinski definition) is 1. The molecule has 1 saturated heterocycles. The molecule has 0 spiro atoms. The van der Waals surface area contributed by atoms with Gasteiger partial charge in [-0.1, -0.05) is 30.3 Å². The van der Waals surface area contributed by atoms with E-state index in [2.05, 4.69) is 29.6 Å². The van der Waals surface area contributed by atoms with E-state index in [0.717, 1.165) is 6.54 Å². The average molecular weight is 217 g/mol. The summed E-state index contributed by atoms with van der Waals surface area (Å²) in [5.74, 6) is 0.0437. The van der Waals surface area contributed by atoms with E-state index in [1.165, 1.54) is 18.4 Å². The van der Waals surface area contributed by atoms with E-state index in [0.29, 0.717) is 6.61 Å². The van der Waals surface area contributed by atoms with Crippen molar-refractivity contribution in [1.29, 1.82) is 0 Å². The molecular formula is C13H15NO2. The first kappa shape index (κ1) is 9.85. The fraction of sp³-hybridized carbons (Fsp3) is 0.462. The maximum Gasteiger partial charge on any atom is 0.251 e. The number of carbonyl (C=O) groups excluding carboxylic acids is 1. The summed E-state index contributed by atoms with van der Waals surface area (Å²) in [4.78, 5) is 11.5. The minimum Gasteiger partial charge on any atom is -0.363 e. The van der Waals surface area contributed by atoms with Gasteiger partial charge in [0.25, 0.3) is 5.91 Å². The second-order valence-corrected chi connectivity index (χ2v) is 4.69. The van der Waals surface area contributed by atoms with Gasteiger partial charge >= 0.3 is 0 Å². The molecule has 16 heavy (non-hydrogen) atoms. The van der Waals surface area contributed by atoms with Crippen LogP contribution in [0.25, 0.3) is 0 Å². The Kier molecular flexibility index (Phi) is 2.21. The van der Waals surface area contributed by atoms with Crippen molar-refractivity contribution < 1.29 is 9.53 Å². The van der Waals surface area contributed by atoms with Crippen LogP contribution in [0.15, 0.2) is 30.3 Å². The van der Waals surface area contributed by atoms with E-state index in [1.807, 2.05) is 6.07 Å². The van der Waals surface area contributed by atoms with Gasteiger partial charge in [0, 0.05) is 12.0 Å². The summed E-state index contributed by atoms with van der Waals surface area (Å²) in [6.45, 7) is 1.33. The Balaban J connectivity index is 1.63. The SMILES string of the molecule is O=C(NCC1(c2ccccc2)CC1)C1CO1. The number of amides is 1. The third-order valence-electron chi connectivity index (χ3n) is 3.47. The predicted octanol–water partition coefficient (Wildman–Crippen LogP) is 1.23. The molecule has 1 unspecified atom stereocenters. The molecule has 1 atom stereocenters. The van der Waals surface area contributed by atoms with Crippen LogP contribution in [0.4, 0.5) is 0 Å². The van der Waals surface area contributed by atoms with Crippen LogP contribution < -0.4 is 5.32 Å². The predicted molar refractivity (Wildman–Crippen MR) is 60.1 cm³/mol. The molecule has 1 aromatic carbocycles. The lowest BCUT2D eigenvalue weighted by atomic mass is 9.96. The summed E-state index contributed by atoms with van der Waals surface area (Å²) in [5, 5.41) is 2.98. The molecular weight excluding hydrogens is 202 g/mol. The first-order chi connectivity index (χ1) is 7.80. The monoisotopic (exact) mass is 217 g/mol. The molecule has 1 aromatic rings. The highest BCUT2D eigenvalue weighted by atomic mass is 16.6. The second-order valence-electron chi connectivity index (χ2n) is 4.69. The van der Waals surface area contributed by atoms with Crippen LogP contribution in [0.3, 0.4) is 0 Å². The van der Waals surface area contributed by atoms with E-state index in [9.17, 15) is 4.79 Å². The summed E-state index contributed by atoms with van der Waals surface area (Å²) in [6, 6.07) is 10.4. The van der Waals surface area contributed by atoms with Crippen molar-refractivity contribution in [2.45, 2.75) is 24.4 Å². The van der Waals surface area contributed by atoms with Crippen molar-refractivity contribution >= 4 is 5.91 Å². The van der Waals surface area contributed by atoms with Gasteiger partial charge in [-0.3, -0.25) is 4.79 Å². The standard InChI is InChI=1S/C13H15NO2/c15-12(11-8-16-11)14-9-13(6-7-13)10-4-2-1-3-5-10/h1-5,11H,6-9H2,(H,14,15). The van der Waals surface area contributed by atoms with Crippen LogP contribution in [-0.4, -0.2) is 25.2 Å². The van der Waals surface area contributed by atoms with Crippen LogP contribution in [-0.2, 0) is 14.9 Å². The third-order valence-corrected chi connectivity index (χ3v) is 3.47. The topological polar surface area (TPSA) is 41.6 Å². The molecule has 1 heterocycles. The van der Waals surface area contributed by atoms with Gasteiger partial charge in [0.15, 0.2) is 6.10 Å². The Labute approximate surface area is 94.8 Å². The van der Waals surface area contributed by atoms with Gasteiger partial charge in [0.05, 0.1) is 6.61 Å². The summed E-state index contributed by atoms with van der Waals surface area (Å²) in [5.41, 5.74) is 1.54. The van der Waals surface area contributed by atoms with Crippen LogP contribution in [0, 0.1) is 0 Å². The second kappa shape index (κ2) is 3.59. The molecule has 0 bridgehead atoms. The van der Waals surface area contributed by atoms with Crippen molar-refractivity contribution in [1.82, 2.24) is 5.32 Å². The van der Waals surface area contributed by atoms with E-state index in [-0.39, 0.29) is 17.4 Å². The molecule has 0 aromatic heterocycles. The van der Waals surface area contributed by atoms with Crippen molar-refractivity contribution in [3.63, 3.8) is 0 Å². The molecule has 3 nitrogen and oxygen atoms in total. The first-order valence-electron chi connectivity index (χ1n) is 5.75. The Bertz CT molecular complexity index is 394. The maximum atomic E-state index is 11.5. The van der Waals surface area contributed by atoms with Gasteiger partial charge in [0.1, 0.15) is 0 Å². The minimum absolute atomic E-state index is 0.0437. The summed E-state index contributed by atoms with van der Waals surface area (Å²) in [6.07, 6.45) is 2.16. The van der Waals surface area contributed by atoms with E-state index in [4.69, 9.17) is 4.74 Å². The highest BCUT2D eigenvalue weighted by Crippen LogP contribution is 2.47. The zero-order valence-corrected chi connectivity index (χ0v) is 9.11. The molecule has 1 N–H and O–H groups in total. The van der Waals surface area contributed by atoms with Crippen molar-refractivity contribution in [2.24, 2.45) is 0 Å². The Hall–Kier alpha value is -1.35. The minimum atomic E-state index is -0.174. The van der Waals surface area contributed by atoms with Gasteiger partial charge in [-0.05, 0) is 18.4 Å². The maximum absolute atomic E-state index is 11.5. The molecule has 1 aliphatic heterocycles. The van der Waals surface area contributed by atoms with Crippen molar-refractivity contribution in [3.05, 3.63) is 35.9 Å². The number of benzene rings is 1. The lowest BCUT2D eigenvalue weighted by Crippen LogP contribution is -2.35. The Morgan fingerprint density at radius 2 is 2.06 bits per heavy atom. The van der Waals surface area contributed by atoms with Crippen LogP contribution >= 0.6 is 0 Å². The fourth-order valence-electron chi connectivity index (χ4n) is 2.08. The van der Waals surface area contributed by atoms with Gasteiger partial charge in [-0.15, -0.1) is 0 Å². The first-order valence-corrected chi connectivity index (χ1v) is 5.75. The number of epoxide rings is 1. The Morgan fingerprint density at radius 1 is 1.38 bits per heavy atom. The highest BCUT2D eigenvalue weighted by Gasteiger charge is 2.45. The molecule has 2 aliphatic rings. The molecule has 1 aliphatic carbocycles. The van der Waals surface area contributed by atoms with Crippen LogP contribution in [0.2, 0.25) is 0 Å². The largest absolute Gasteiger partial charge is 0.363 e. The molecule has 1 saturated carbocycles. The molecule has 3 rings (SSSR count). The zero-order chi connectivity index (χ0) is 11.0.